The molecule has 2 aromatic rings. The molecule has 3 rings (SSSR count). The zero-order chi connectivity index (χ0) is 19.1. The lowest BCUT2D eigenvalue weighted by atomic mass is 9.90. The summed E-state index contributed by atoms with van der Waals surface area (Å²) in [4.78, 5) is 36.7. The summed E-state index contributed by atoms with van der Waals surface area (Å²) in [7, 11) is 0. The fourth-order valence-corrected chi connectivity index (χ4v) is 3.74. The van der Waals surface area contributed by atoms with Crippen molar-refractivity contribution in [3.8, 4) is 0 Å². The van der Waals surface area contributed by atoms with E-state index in [4.69, 9.17) is 4.74 Å². The van der Waals surface area contributed by atoms with Crippen molar-refractivity contribution < 1.29 is 19.1 Å². The van der Waals surface area contributed by atoms with Gasteiger partial charge >= 0.3 is 12.0 Å². The fourth-order valence-electron chi connectivity index (χ4n) is 3.04. The van der Waals surface area contributed by atoms with E-state index in [0.717, 1.165) is 24.1 Å². The first-order valence-corrected chi connectivity index (χ1v) is 9.89. The third kappa shape index (κ3) is 5.65. The van der Waals surface area contributed by atoms with Crippen molar-refractivity contribution >= 4 is 29.2 Å². The van der Waals surface area contributed by atoms with Crippen molar-refractivity contribution in [1.29, 1.82) is 0 Å². The van der Waals surface area contributed by atoms with E-state index in [2.05, 4.69) is 10.6 Å². The van der Waals surface area contributed by atoms with Crippen LogP contribution in [0.2, 0.25) is 0 Å². The number of aryl methyl sites for hydroxylation is 2. The van der Waals surface area contributed by atoms with Gasteiger partial charge < -0.3 is 10.1 Å². The number of imide groups is 1. The molecule has 1 aliphatic carbocycles. The Hall–Kier alpha value is -2.67. The van der Waals surface area contributed by atoms with E-state index in [0.29, 0.717) is 18.5 Å². The maximum absolute atomic E-state index is 12.1. The second-order valence-corrected chi connectivity index (χ2v) is 7.43. The first-order chi connectivity index (χ1) is 13.1. The second kappa shape index (κ2) is 9.32. The molecule has 0 bridgehead atoms. The number of ether oxygens (including phenoxy) is 1. The highest BCUT2D eigenvalue weighted by Gasteiger charge is 2.15. The molecule has 3 amide bonds. The highest BCUT2D eigenvalue weighted by Crippen LogP contribution is 2.22. The van der Waals surface area contributed by atoms with Crippen LogP contribution in [0.4, 0.5) is 4.79 Å². The normalized spacial score (nSPS) is 12.7. The maximum atomic E-state index is 12.1. The Balaban J connectivity index is 1.39. The predicted molar refractivity (Wildman–Crippen MR) is 103 cm³/mol. The summed E-state index contributed by atoms with van der Waals surface area (Å²) in [6.07, 6.45) is 4.99. The Labute approximate surface area is 161 Å². The Morgan fingerprint density at radius 1 is 1.07 bits per heavy atom. The van der Waals surface area contributed by atoms with Gasteiger partial charge in [0, 0.05) is 11.4 Å². The standard InChI is InChI=1S/C20H22N2O4S/c23-18(22-20(25)21-10-9-17-6-3-11-27-17)13-26-19(24)16-8-7-14-4-1-2-5-15(14)12-16/h3,6-8,11-12H,1-2,4-5,9-10,13H2,(H2,21,22,23,25). The number of thiophene rings is 1. The number of carbonyl (C=O) groups excluding carboxylic acids is 3. The van der Waals surface area contributed by atoms with E-state index in [9.17, 15) is 14.4 Å². The van der Waals surface area contributed by atoms with Crippen LogP contribution >= 0.6 is 11.3 Å². The van der Waals surface area contributed by atoms with Crippen LogP contribution in [0.15, 0.2) is 35.7 Å². The Morgan fingerprint density at radius 2 is 1.89 bits per heavy atom. The lowest BCUT2D eigenvalue weighted by Gasteiger charge is -2.16. The average Bonchev–Trinajstić information content (AvgIpc) is 3.19. The number of fused-ring (bicyclic) bond motifs is 1. The monoisotopic (exact) mass is 386 g/mol. The van der Waals surface area contributed by atoms with Gasteiger partial charge in [0.1, 0.15) is 0 Å². The molecule has 6 nitrogen and oxygen atoms in total. The van der Waals surface area contributed by atoms with Crippen LogP contribution in [0.25, 0.3) is 0 Å². The van der Waals surface area contributed by atoms with Crippen LogP contribution in [0, 0.1) is 0 Å². The van der Waals surface area contributed by atoms with Gasteiger partial charge in [-0.3, -0.25) is 10.1 Å². The first-order valence-electron chi connectivity index (χ1n) is 9.01. The van der Waals surface area contributed by atoms with Crippen LogP contribution in [0.5, 0.6) is 0 Å². The molecule has 1 aromatic heterocycles. The van der Waals surface area contributed by atoms with Crippen molar-refractivity contribution in [2.75, 3.05) is 13.2 Å². The molecule has 0 spiro atoms. The van der Waals surface area contributed by atoms with Gasteiger partial charge in [0.15, 0.2) is 6.61 Å². The molecule has 0 aliphatic heterocycles. The van der Waals surface area contributed by atoms with Crippen molar-refractivity contribution in [3.05, 3.63) is 57.3 Å². The van der Waals surface area contributed by atoms with E-state index in [1.807, 2.05) is 29.6 Å². The van der Waals surface area contributed by atoms with Gasteiger partial charge in [-0.05, 0) is 66.8 Å². The smallest absolute Gasteiger partial charge is 0.338 e. The van der Waals surface area contributed by atoms with E-state index in [-0.39, 0.29) is 0 Å². The molecule has 2 N–H and O–H groups in total. The van der Waals surface area contributed by atoms with Gasteiger partial charge in [-0.2, -0.15) is 0 Å². The molecule has 1 heterocycles. The minimum absolute atomic E-state index is 0.425. The maximum Gasteiger partial charge on any atom is 0.338 e. The number of rotatable bonds is 6. The molecule has 7 heteroatoms. The molecule has 27 heavy (non-hydrogen) atoms. The number of hydrogen-bond acceptors (Lipinski definition) is 5. The van der Waals surface area contributed by atoms with Crippen molar-refractivity contribution in [1.82, 2.24) is 10.6 Å². The summed E-state index contributed by atoms with van der Waals surface area (Å²) in [5.74, 6) is -1.22. The molecule has 1 aliphatic rings. The van der Waals surface area contributed by atoms with E-state index in [1.54, 1.807) is 17.4 Å². The quantitative estimate of drug-likeness (QED) is 0.748. The molecule has 142 valence electrons. The second-order valence-electron chi connectivity index (χ2n) is 6.40. The zero-order valence-corrected chi connectivity index (χ0v) is 15.8. The fraction of sp³-hybridized carbons (Fsp3) is 0.350. The lowest BCUT2D eigenvalue weighted by molar-refractivity contribution is -0.123. The summed E-state index contributed by atoms with van der Waals surface area (Å²) >= 11 is 1.61. The van der Waals surface area contributed by atoms with Gasteiger partial charge in [-0.1, -0.05) is 12.1 Å². The van der Waals surface area contributed by atoms with E-state index in [1.165, 1.54) is 17.5 Å². The van der Waals surface area contributed by atoms with E-state index >= 15 is 0 Å². The van der Waals surface area contributed by atoms with Gasteiger partial charge in [-0.25, -0.2) is 9.59 Å². The van der Waals surface area contributed by atoms with Crippen LogP contribution in [-0.4, -0.2) is 31.1 Å². The molecule has 1 aromatic carbocycles. The van der Waals surface area contributed by atoms with Crippen molar-refractivity contribution in [2.24, 2.45) is 0 Å². The highest BCUT2D eigenvalue weighted by atomic mass is 32.1. The Morgan fingerprint density at radius 3 is 2.67 bits per heavy atom. The lowest BCUT2D eigenvalue weighted by Crippen LogP contribution is -2.42. The van der Waals surface area contributed by atoms with Crippen LogP contribution in [0.1, 0.15) is 39.2 Å². The Kier molecular flexibility index (Phi) is 6.59. The number of hydrogen-bond donors (Lipinski definition) is 2. The summed E-state index contributed by atoms with van der Waals surface area (Å²) in [5, 5.41) is 6.72. The zero-order valence-electron chi connectivity index (χ0n) is 15.0. The topological polar surface area (TPSA) is 84.5 Å². The summed E-state index contributed by atoms with van der Waals surface area (Å²) in [5.41, 5.74) is 2.88. The third-order valence-corrected chi connectivity index (χ3v) is 5.34. The average molecular weight is 386 g/mol. The largest absolute Gasteiger partial charge is 0.452 e. The van der Waals surface area contributed by atoms with Gasteiger partial charge in [0.2, 0.25) is 0 Å². The summed E-state index contributed by atoms with van der Waals surface area (Å²) in [6.45, 7) is -0.0667. The summed E-state index contributed by atoms with van der Waals surface area (Å²) < 4.78 is 5.02. The SMILES string of the molecule is O=C(COC(=O)c1ccc2c(c1)CCCC2)NC(=O)NCCc1cccs1. The summed E-state index contributed by atoms with van der Waals surface area (Å²) in [6, 6.07) is 8.84. The Bertz CT molecular complexity index is 817. The number of carbonyl (C=O) groups is 3. The molecule has 0 unspecified atom stereocenters. The van der Waals surface area contributed by atoms with Gasteiger partial charge in [-0.15, -0.1) is 11.3 Å². The van der Waals surface area contributed by atoms with Crippen molar-refractivity contribution in [2.45, 2.75) is 32.1 Å². The van der Waals surface area contributed by atoms with Gasteiger partial charge in [0.05, 0.1) is 5.56 Å². The highest BCUT2D eigenvalue weighted by molar-refractivity contribution is 7.09. The van der Waals surface area contributed by atoms with Crippen LogP contribution in [0.3, 0.4) is 0 Å². The molecular weight excluding hydrogens is 364 g/mol. The molecule has 0 atom stereocenters. The first kappa shape index (κ1) is 19.1. The molecule has 0 saturated heterocycles. The molecular formula is C20H22N2O4S. The number of benzene rings is 1. The molecule has 0 fully saturated rings. The predicted octanol–water partition coefficient (Wildman–Crippen LogP) is 2.85. The molecule has 0 saturated carbocycles. The minimum Gasteiger partial charge on any atom is -0.452 e. The van der Waals surface area contributed by atoms with Gasteiger partial charge in [0.25, 0.3) is 5.91 Å². The minimum atomic E-state index is -0.657. The van der Waals surface area contributed by atoms with Crippen LogP contribution in [-0.2, 0) is 28.8 Å². The number of esters is 1. The molecule has 0 radical (unpaired) electrons. The van der Waals surface area contributed by atoms with E-state index < -0.39 is 24.5 Å². The van der Waals surface area contributed by atoms with Crippen LogP contribution < -0.4 is 10.6 Å². The van der Waals surface area contributed by atoms with Crippen molar-refractivity contribution in [3.63, 3.8) is 0 Å². The third-order valence-electron chi connectivity index (χ3n) is 4.41. The number of amides is 3. The number of nitrogens with one attached hydrogen (secondary N) is 2. The number of urea groups is 1.